The van der Waals surface area contributed by atoms with Crippen LogP contribution in [-0.4, -0.2) is 49.7 Å². The zero-order valence-corrected chi connectivity index (χ0v) is 23.0. The Morgan fingerprint density at radius 3 is 2.58 bits per heavy atom. The molecule has 210 valence electrons. The quantitative estimate of drug-likeness (QED) is 0.254. The molecule has 0 atom stereocenters. The van der Waals surface area contributed by atoms with Crippen LogP contribution in [0.4, 0.5) is 17.5 Å². The van der Waals surface area contributed by atoms with Gasteiger partial charge in [-0.15, -0.1) is 0 Å². The number of rotatable bonds is 9. The van der Waals surface area contributed by atoms with Crippen molar-refractivity contribution in [1.82, 2.24) is 24.3 Å². The minimum atomic E-state index is 0.284. The van der Waals surface area contributed by atoms with Crippen LogP contribution in [0.3, 0.4) is 0 Å². The average molecular weight is 542 g/mol. The number of anilines is 3. The van der Waals surface area contributed by atoms with Gasteiger partial charge in [-0.3, -0.25) is 4.68 Å². The number of hydrogen-bond donors (Lipinski definition) is 2. The van der Waals surface area contributed by atoms with Crippen molar-refractivity contribution in [3.05, 3.63) is 60.6 Å². The predicted octanol–water partition coefficient (Wildman–Crippen LogP) is 6.39. The predicted molar refractivity (Wildman–Crippen MR) is 156 cm³/mol. The molecule has 0 bridgehead atoms. The van der Waals surface area contributed by atoms with Crippen molar-refractivity contribution in [2.45, 2.75) is 88.6 Å². The second-order valence-electron chi connectivity index (χ2n) is 11.6. The van der Waals surface area contributed by atoms with E-state index in [9.17, 15) is 0 Å². The van der Waals surface area contributed by atoms with Crippen molar-refractivity contribution in [3.8, 4) is 0 Å². The molecule has 0 radical (unpaired) electrons. The molecule has 2 N–H and O–H groups in total. The normalized spacial score (nSPS) is 22.3. The molecule has 40 heavy (non-hydrogen) atoms. The molecular weight excluding hydrogens is 502 g/mol. The van der Waals surface area contributed by atoms with E-state index in [0.29, 0.717) is 30.7 Å². The molecule has 0 spiro atoms. The first-order valence-electron chi connectivity index (χ1n) is 15.0. The van der Waals surface area contributed by atoms with E-state index in [1.807, 2.05) is 16.9 Å². The number of ether oxygens (including phenoxy) is 2. The van der Waals surface area contributed by atoms with Gasteiger partial charge < -0.3 is 24.7 Å². The number of fused-ring (bicyclic) bond motifs is 1. The molecule has 4 heterocycles. The Morgan fingerprint density at radius 1 is 0.925 bits per heavy atom. The number of aromatic nitrogens is 5. The summed E-state index contributed by atoms with van der Waals surface area (Å²) in [6.07, 6.45) is 16.6. The lowest BCUT2D eigenvalue weighted by atomic mass is 9.89. The summed E-state index contributed by atoms with van der Waals surface area (Å²) in [5.74, 6) is 1.53. The van der Waals surface area contributed by atoms with Crippen LogP contribution in [0.15, 0.2) is 55.0 Å². The summed E-state index contributed by atoms with van der Waals surface area (Å²) >= 11 is 0. The van der Waals surface area contributed by atoms with E-state index < -0.39 is 0 Å². The minimum Gasteiger partial charge on any atom is -0.381 e. The van der Waals surface area contributed by atoms with E-state index in [4.69, 9.17) is 19.4 Å². The smallest absolute Gasteiger partial charge is 0.229 e. The minimum absolute atomic E-state index is 0.284. The Balaban J connectivity index is 1.09. The second kappa shape index (κ2) is 11.6. The van der Waals surface area contributed by atoms with Crippen LogP contribution >= 0.6 is 0 Å². The fourth-order valence-electron chi connectivity index (χ4n) is 6.34. The molecule has 9 nitrogen and oxygen atoms in total. The maximum absolute atomic E-state index is 6.20. The van der Waals surface area contributed by atoms with E-state index in [2.05, 4.69) is 63.0 Å². The van der Waals surface area contributed by atoms with Gasteiger partial charge in [0.2, 0.25) is 5.95 Å². The van der Waals surface area contributed by atoms with Crippen LogP contribution in [0.1, 0.15) is 75.4 Å². The number of nitrogens with zero attached hydrogens (tertiary/aromatic N) is 5. The van der Waals surface area contributed by atoms with E-state index in [-0.39, 0.29) is 6.10 Å². The van der Waals surface area contributed by atoms with Gasteiger partial charge in [0.25, 0.3) is 0 Å². The molecule has 0 amide bonds. The molecule has 3 aliphatic rings. The fraction of sp³-hybridized carbons (Fsp3) is 0.516. The third-order valence-corrected chi connectivity index (χ3v) is 8.72. The van der Waals surface area contributed by atoms with E-state index >= 15 is 0 Å². The lowest BCUT2D eigenvalue weighted by molar-refractivity contribution is -0.0347. The van der Waals surface area contributed by atoms with Crippen LogP contribution in [-0.2, 0) is 16.1 Å². The van der Waals surface area contributed by atoms with Crippen LogP contribution < -0.4 is 10.6 Å². The Labute approximate surface area is 235 Å². The molecule has 3 aromatic heterocycles. The van der Waals surface area contributed by atoms with Crippen LogP contribution in [0.5, 0.6) is 0 Å². The highest BCUT2D eigenvalue weighted by Gasteiger charge is 2.33. The van der Waals surface area contributed by atoms with Crippen molar-refractivity contribution >= 4 is 28.5 Å². The molecule has 9 heteroatoms. The summed E-state index contributed by atoms with van der Waals surface area (Å²) in [5.41, 5.74) is 4.19. The van der Waals surface area contributed by atoms with Crippen molar-refractivity contribution in [2.75, 3.05) is 23.8 Å². The molecule has 7 rings (SSSR count). The van der Waals surface area contributed by atoms with E-state index in [1.165, 1.54) is 37.7 Å². The van der Waals surface area contributed by atoms with E-state index in [1.54, 1.807) is 0 Å². The molecule has 0 unspecified atom stereocenters. The van der Waals surface area contributed by atoms with E-state index in [0.717, 1.165) is 61.4 Å². The van der Waals surface area contributed by atoms with Gasteiger partial charge in [0.1, 0.15) is 5.52 Å². The average Bonchev–Trinajstić information content (AvgIpc) is 3.62. The summed E-state index contributed by atoms with van der Waals surface area (Å²) < 4.78 is 16.1. The van der Waals surface area contributed by atoms with Crippen molar-refractivity contribution in [2.24, 2.45) is 0 Å². The Hall–Kier alpha value is -3.43. The molecule has 2 aliphatic carbocycles. The topological polar surface area (TPSA) is 91.0 Å². The number of nitrogens with one attached hydrogen (secondary N) is 2. The Morgan fingerprint density at radius 2 is 1.75 bits per heavy atom. The Kier molecular flexibility index (Phi) is 7.40. The van der Waals surface area contributed by atoms with Crippen molar-refractivity contribution in [3.63, 3.8) is 0 Å². The summed E-state index contributed by atoms with van der Waals surface area (Å²) in [7, 11) is 0. The molecule has 1 saturated heterocycles. The monoisotopic (exact) mass is 541 g/mol. The third-order valence-electron chi connectivity index (χ3n) is 8.72. The van der Waals surface area contributed by atoms with Gasteiger partial charge in [-0.25, -0.2) is 4.98 Å². The molecule has 4 aromatic rings. The van der Waals surface area contributed by atoms with Gasteiger partial charge in [-0.05, 0) is 50.2 Å². The van der Waals surface area contributed by atoms with Gasteiger partial charge in [-0.1, -0.05) is 49.6 Å². The second-order valence-corrected chi connectivity index (χ2v) is 11.6. The highest BCUT2D eigenvalue weighted by Crippen LogP contribution is 2.39. The lowest BCUT2D eigenvalue weighted by Crippen LogP contribution is -2.33. The molecule has 1 aromatic carbocycles. The fourth-order valence-corrected chi connectivity index (χ4v) is 6.34. The van der Waals surface area contributed by atoms with Crippen molar-refractivity contribution in [1.29, 1.82) is 0 Å². The third kappa shape index (κ3) is 5.58. The summed E-state index contributed by atoms with van der Waals surface area (Å²) in [4.78, 5) is 9.97. The van der Waals surface area contributed by atoms with Gasteiger partial charge in [-0.2, -0.15) is 10.1 Å². The largest absolute Gasteiger partial charge is 0.381 e. The van der Waals surface area contributed by atoms with Gasteiger partial charge in [0.05, 0.1) is 36.2 Å². The van der Waals surface area contributed by atoms with Crippen LogP contribution in [0, 0.1) is 0 Å². The zero-order chi connectivity index (χ0) is 26.7. The molecule has 2 saturated carbocycles. The van der Waals surface area contributed by atoms with Gasteiger partial charge in [0.15, 0.2) is 5.82 Å². The van der Waals surface area contributed by atoms with Gasteiger partial charge in [0, 0.05) is 37.7 Å². The summed E-state index contributed by atoms with van der Waals surface area (Å²) in [6, 6.07) is 13.8. The lowest BCUT2D eigenvalue weighted by Gasteiger charge is -2.37. The van der Waals surface area contributed by atoms with Gasteiger partial charge >= 0.3 is 0 Å². The highest BCUT2D eigenvalue weighted by molar-refractivity contribution is 5.88. The SMILES string of the molecule is c1ccc(COC2CC(n3ccc4nc(Nc5cnn(C6CCOCC6)c5)nc(NC5CCCCC5)c43)C2)cc1. The number of hydrogen-bond acceptors (Lipinski definition) is 7. The first kappa shape index (κ1) is 25.5. The first-order chi connectivity index (χ1) is 19.8. The Bertz CT molecular complexity index is 1400. The maximum Gasteiger partial charge on any atom is 0.229 e. The summed E-state index contributed by atoms with van der Waals surface area (Å²) in [6.45, 7) is 2.25. The first-order valence-corrected chi connectivity index (χ1v) is 15.0. The summed E-state index contributed by atoms with van der Waals surface area (Å²) in [5, 5.41) is 11.9. The maximum atomic E-state index is 6.20. The highest BCUT2D eigenvalue weighted by atomic mass is 16.5. The molecule has 1 aliphatic heterocycles. The molecule has 3 fully saturated rings. The standard InChI is InChI=1S/C31H39N7O2/c1-3-7-22(8-4-1)21-40-27-17-26(18-27)37-14-11-28-29(37)30(33-23-9-5-2-6-10-23)36-31(35-28)34-24-19-32-38(20-24)25-12-15-39-16-13-25/h1,3-4,7-8,11,14,19-20,23,25-27H,2,5-6,9-10,12-13,15-18,21H2,(H2,33,34,35,36). The van der Waals surface area contributed by atoms with Crippen LogP contribution in [0.2, 0.25) is 0 Å². The number of benzene rings is 1. The molecular formula is C31H39N7O2. The van der Waals surface area contributed by atoms with Crippen LogP contribution in [0.25, 0.3) is 11.0 Å². The van der Waals surface area contributed by atoms with Crippen molar-refractivity contribution < 1.29 is 9.47 Å². The zero-order valence-electron chi connectivity index (χ0n) is 23.0.